The van der Waals surface area contributed by atoms with Gasteiger partial charge < -0.3 is 10.6 Å². The van der Waals surface area contributed by atoms with Crippen molar-refractivity contribution in [1.82, 2.24) is 5.32 Å². The Morgan fingerprint density at radius 2 is 2.17 bits per heavy atom. The molecule has 24 heavy (non-hydrogen) atoms. The summed E-state index contributed by atoms with van der Waals surface area (Å²) in [5.41, 5.74) is 3.11. The van der Waals surface area contributed by atoms with Crippen LogP contribution >= 0.6 is 35.5 Å². The smallest absolute Gasteiger partial charge is 0.242 e. The molecule has 1 unspecified atom stereocenters. The van der Waals surface area contributed by atoms with Gasteiger partial charge in [-0.2, -0.15) is 0 Å². The fourth-order valence-corrected chi connectivity index (χ4v) is 5.48. The first kappa shape index (κ1) is 17.7. The van der Waals surface area contributed by atoms with Gasteiger partial charge in [-0.1, -0.05) is 6.07 Å². The predicted octanol–water partition coefficient (Wildman–Crippen LogP) is 3.92. The van der Waals surface area contributed by atoms with Crippen LogP contribution in [0.1, 0.15) is 26.8 Å². The first-order chi connectivity index (χ1) is 11.2. The quantitative estimate of drug-likeness (QED) is 0.824. The first-order valence-electron chi connectivity index (χ1n) is 7.74. The molecule has 2 N–H and O–H groups in total. The highest BCUT2D eigenvalue weighted by Crippen LogP contribution is 2.40. The number of halogens is 2. The Balaban J connectivity index is 0.00000169. The molecule has 0 bridgehead atoms. The number of thioether (sulfide) groups is 1. The average Bonchev–Trinajstić information content (AvgIpc) is 3.06. The van der Waals surface area contributed by atoms with E-state index in [2.05, 4.69) is 10.6 Å². The number of hydrogen-bond donors (Lipinski definition) is 2. The molecule has 2 aliphatic heterocycles. The third-order valence-electron chi connectivity index (χ3n) is 4.38. The van der Waals surface area contributed by atoms with Crippen molar-refractivity contribution in [3.8, 4) is 0 Å². The van der Waals surface area contributed by atoms with Crippen molar-refractivity contribution in [2.24, 2.45) is 0 Å². The minimum Gasteiger partial charge on any atom is -0.322 e. The SMILES string of the molecule is Cl.O=C(Nc1ccc2c(c1F)CCNC2)C1SCCc2sccc21. The van der Waals surface area contributed by atoms with Gasteiger partial charge in [0.05, 0.1) is 5.69 Å². The lowest BCUT2D eigenvalue weighted by molar-refractivity contribution is -0.115. The van der Waals surface area contributed by atoms with Crippen molar-refractivity contribution in [2.75, 3.05) is 17.6 Å². The molecule has 0 radical (unpaired) electrons. The van der Waals surface area contributed by atoms with E-state index in [1.54, 1.807) is 29.2 Å². The van der Waals surface area contributed by atoms with Gasteiger partial charge in [-0.05, 0) is 59.3 Å². The number of aryl methyl sites for hydroxylation is 1. The topological polar surface area (TPSA) is 41.1 Å². The van der Waals surface area contributed by atoms with Crippen molar-refractivity contribution >= 4 is 47.1 Å². The second kappa shape index (κ2) is 7.44. The van der Waals surface area contributed by atoms with Crippen LogP contribution in [0.25, 0.3) is 0 Å². The van der Waals surface area contributed by atoms with E-state index in [1.165, 1.54) is 4.88 Å². The Kier molecular flexibility index (Phi) is 5.49. The van der Waals surface area contributed by atoms with Crippen LogP contribution in [-0.4, -0.2) is 18.2 Å². The molecule has 3 nitrogen and oxygen atoms in total. The highest BCUT2D eigenvalue weighted by molar-refractivity contribution is 8.00. The lowest BCUT2D eigenvalue weighted by Crippen LogP contribution is -2.26. The Labute approximate surface area is 154 Å². The lowest BCUT2D eigenvalue weighted by atomic mass is 9.99. The van der Waals surface area contributed by atoms with E-state index < -0.39 is 0 Å². The van der Waals surface area contributed by atoms with Crippen LogP contribution in [-0.2, 0) is 24.2 Å². The van der Waals surface area contributed by atoms with Crippen molar-refractivity contribution in [3.63, 3.8) is 0 Å². The fourth-order valence-electron chi connectivity index (χ4n) is 3.19. The van der Waals surface area contributed by atoms with Gasteiger partial charge in [0, 0.05) is 11.4 Å². The summed E-state index contributed by atoms with van der Waals surface area (Å²) in [6, 6.07) is 5.61. The van der Waals surface area contributed by atoms with Crippen molar-refractivity contribution in [2.45, 2.75) is 24.6 Å². The van der Waals surface area contributed by atoms with E-state index >= 15 is 0 Å². The van der Waals surface area contributed by atoms with Crippen LogP contribution in [0.3, 0.4) is 0 Å². The number of thiophene rings is 1. The molecule has 128 valence electrons. The minimum atomic E-state index is -0.274. The van der Waals surface area contributed by atoms with Gasteiger partial charge >= 0.3 is 0 Å². The number of anilines is 1. The highest BCUT2D eigenvalue weighted by atomic mass is 35.5. The normalized spacial score (nSPS) is 19.0. The molecule has 0 saturated heterocycles. The number of fused-ring (bicyclic) bond motifs is 2. The van der Waals surface area contributed by atoms with Gasteiger partial charge in [0.25, 0.3) is 0 Å². The summed E-state index contributed by atoms with van der Waals surface area (Å²) < 4.78 is 14.7. The lowest BCUT2D eigenvalue weighted by Gasteiger charge is -2.23. The molecule has 2 aliphatic rings. The van der Waals surface area contributed by atoms with E-state index in [9.17, 15) is 9.18 Å². The first-order valence-corrected chi connectivity index (χ1v) is 9.66. The second-order valence-corrected chi connectivity index (χ2v) is 7.99. The number of amides is 1. The number of carbonyl (C=O) groups excluding carboxylic acids is 1. The van der Waals surface area contributed by atoms with Gasteiger partial charge in [-0.3, -0.25) is 4.79 Å². The molecule has 0 fully saturated rings. The number of rotatable bonds is 2. The molecule has 0 spiro atoms. The molecule has 0 saturated carbocycles. The molecule has 1 aromatic heterocycles. The molecule has 1 atom stereocenters. The zero-order valence-corrected chi connectivity index (χ0v) is 15.4. The Hall–Kier alpha value is -1.08. The van der Waals surface area contributed by atoms with Gasteiger partial charge in [0.2, 0.25) is 5.91 Å². The molecule has 0 aliphatic carbocycles. The van der Waals surface area contributed by atoms with Crippen molar-refractivity contribution in [1.29, 1.82) is 0 Å². The number of nitrogens with one attached hydrogen (secondary N) is 2. The summed E-state index contributed by atoms with van der Waals surface area (Å²) in [4.78, 5) is 13.9. The second-order valence-electron chi connectivity index (χ2n) is 5.78. The maximum absolute atomic E-state index is 14.7. The largest absolute Gasteiger partial charge is 0.322 e. The van der Waals surface area contributed by atoms with Crippen LogP contribution in [0.15, 0.2) is 23.6 Å². The van der Waals surface area contributed by atoms with Gasteiger partial charge in [0.15, 0.2) is 0 Å². The number of carbonyl (C=O) groups is 1. The van der Waals surface area contributed by atoms with Crippen LogP contribution < -0.4 is 10.6 Å². The Bertz CT molecular complexity index is 765. The van der Waals surface area contributed by atoms with Crippen LogP contribution in [0, 0.1) is 5.82 Å². The van der Waals surface area contributed by atoms with Crippen LogP contribution in [0.5, 0.6) is 0 Å². The third kappa shape index (κ3) is 3.20. The summed E-state index contributed by atoms with van der Waals surface area (Å²) >= 11 is 3.33. The number of hydrogen-bond acceptors (Lipinski definition) is 4. The average molecular weight is 385 g/mol. The highest BCUT2D eigenvalue weighted by Gasteiger charge is 2.29. The maximum Gasteiger partial charge on any atom is 0.242 e. The fraction of sp³-hybridized carbons (Fsp3) is 0.353. The third-order valence-corrected chi connectivity index (χ3v) is 6.62. The standard InChI is InChI=1S/C17H17FN2OS2.ClH/c18-15-11-3-6-19-9-10(11)1-2-13(15)20-17(21)16-12-4-7-22-14(12)5-8-23-16;/h1-2,4,7,16,19H,3,5-6,8-9H2,(H,20,21);1H. The summed E-state index contributed by atoms with van der Waals surface area (Å²) in [5.74, 6) is 0.537. The molecule has 1 amide bonds. The van der Waals surface area contributed by atoms with Gasteiger partial charge in [-0.15, -0.1) is 35.5 Å². The molecule has 7 heteroatoms. The monoisotopic (exact) mass is 384 g/mol. The summed E-state index contributed by atoms with van der Waals surface area (Å²) in [6.07, 6.45) is 1.68. The van der Waals surface area contributed by atoms with Crippen molar-refractivity contribution in [3.05, 3.63) is 51.0 Å². The van der Waals surface area contributed by atoms with E-state index in [-0.39, 0.29) is 29.4 Å². The molecular weight excluding hydrogens is 367 g/mol. The summed E-state index contributed by atoms with van der Waals surface area (Å²) in [5, 5.41) is 7.84. The maximum atomic E-state index is 14.7. The zero-order valence-electron chi connectivity index (χ0n) is 12.9. The van der Waals surface area contributed by atoms with Crippen LogP contribution in [0.2, 0.25) is 0 Å². The van der Waals surface area contributed by atoms with Gasteiger partial charge in [-0.25, -0.2) is 4.39 Å². The summed E-state index contributed by atoms with van der Waals surface area (Å²) in [7, 11) is 0. The molecule has 2 aromatic rings. The van der Waals surface area contributed by atoms with E-state index in [0.29, 0.717) is 18.7 Å². The summed E-state index contributed by atoms with van der Waals surface area (Å²) in [6.45, 7) is 1.47. The molecular formula is C17H18ClFN2OS2. The molecule has 1 aromatic carbocycles. The van der Waals surface area contributed by atoms with Crippen molar-refractivity contribution < 1.29 is 9.18 Å². The van der Waals surface area contributed by atoms with Crippen LogP contribution in [0.4, 0.5) is 10.1 Å². The zero-order chi connectivity index (χ0) is 15.8. The molecule has 4 rings (SSSR count). The Morgan fingerprint density at radius 1 is 1.29 bits per heavy atom. The molecule has 3 heterocycles. The minimum absolute atomic E-state index is 0. The van der Waals surface area contributed by atoms with E-state index in [1.807, 2.05) is 17.5 Å². The number of benzene rings is 1. The predicted molar refractivity (Wildman–Crippen MR) is 101 cm³/mol. The van der Waals surface area contributed by atoms with E-state index in [0.717, 1.165) is 35.4 Å². The Morgan fingerprint density at radius 3 is 3.04 bits per heavy atom. The van der Waals surface area contributed by atoms with E-state index in [4.69, 9.17) is 0 Å². The van der Waals surface area contributed by atoms with Gasteiger partial charge in [0.1, 0.15) is 11.1 Å².